The molecule has 2 rings (SSSR count). The highest BCUT2D eigenvalue weighted by Crippen LogP contribution is 2.24. The summed E-state index contributed by atoms with van der Waals surface area (Å²) < 4.78 is 11.2. The topological polar surface area (TPSA) is 56.3 Å². The molecule has 2 aromatic rings. The Labute approximate surface area is 119 Å². The van der Waals surface area contributed by atoms with Crippen molar-refractivity contribution in [3.63, 3.8) is 0 Å². The largest absolute Gasteiger partial charge is 0.494 e. The molecule has 0 radical (unpaired) electrons. The molecular formula is C15H19N3O2. The van der Waals surface area contributed by atoms with Gasteiger partial charge in [0.2, 0.25) is 11.8 Å². The van der Waals surface area contributed by atoms with Crippen LogP contribution in [-0.2, 0) is 0 Å². The van der Waals surface area contributed by atoms with Crippen LogP contribution in [0.1, 0.15) is 20.3 Å². The molecule has 0 saturated carbocycles. The Hall–Kier alpha value is -2.30. The Morgan fingerprint density at radius 1 is 1.15 bits per heavy atom. The third kappa shape index (κ3) is 4.12. The molecule has 1 N–H and O–H groups in total. The first kappa shape index (κ1) is 14.1. The van der Waals surface area contributed by atoms with Gasteiger partial charge in [0.25, 0.3) is 0 Å². The first-order valence-corrected chi connectivity index (χ1v) is 6.79. The maximum atomic E-state index is 5.71. The highest BCUT2D eigenvalue weighted by atomic mass is 16.5. The fourth-order valence-electron chi connectivity index (χ4n) is 1.64. The quantitative estimate of drug-likeness (QED) is 0.836. The van der Waals surface area contributed by atoms with Crippen molar-refractivity contribution in [2.75, 3.05) is 18.5 Å². The van der Waals surface area contributed by atoms with Crippen molar-refractivity contribution >= 4 is 5.95 Å². The lowest BCUT2D eigenvalue weighted by molar-refractivity contribution is 0.338. The molecule has 0 aliphatic heterocycles. The molecule has 5 heteroatoms. The molecule has 0 bridgehead atoms. The summed E-state index contributed by atoms with van der Waals surface area (Å²) in [5.74, 6) is 2.55. The lowest BCUT2D eigenvalue weighted by atomic mass is 10.3. The van der Waals surface area contributed by atoms with Crippen molar-refractivity contribution in [2.45, 2.75) is 20.3 Å². The lowest BCUT2D eigenvalue weighted by Crippen LogP contribution is -2.04. The van der Waals surface area contributed by atoms with Crippen molar-refractivity contribution in [2.24, 2.45) is 0 Å². The van der Waals surface area contributed by atoms with Gasteiger partial charge in [0.1, 0.15) is 11.5 Å². The predicted octanol–water partition coefficient (Wildman–Crippen LogP) is 3.49. The number of nitrogens with zero attached hydrogens (tertiary/aromatic N) is 2. The van der Waals surface area contributed by atoms with E-state index >= 15 is 0 Å². The van der Waals surface area contributed by atoms with E-state index < -0.39 is 0 Å². The van der Waals surface area contributed by atoms with Gasteiger partial charge in [-0.05, 0) is 25.5 Å². The summed E-state index contributed by atoms with van der Waals surface area (Å²) in [6.45, 7) is 5.50. The van der Waals surface area contributed by atoms with Crippen LogP contribution in [0.3, 0.4) is 0 Å². The van der Waals surface area contributed by atoms with E-state index in [0.29, 0.717) is 24.2 Å². The molecule has 0 atom stereocenters. The van der Waals surface area contributed by atoms with Gasteiger partial charge in [-0.2, -0.15) is 4.98 Å². The highest BCUT2D eigenvalue weighted by Gasteiger charge is 2.02. The van der Waals surface area contributed by atoms with Crippen LogP contribution in [0.15, 0.2) is 36.5 Å². The first-order valence-electron chi connectivity index (χ1n) is 6.79. The molecule has 0 saturated heterocycles. The Morgan fingerprint density at radius 2 is 2.00 bits per heavy atom. The second-order valence-corrected chi connectivity index (χ2v) is 4.16. The molecule has 106 valence electrons. The van der Waals surface area contributed by atoms with Gasteiger partial charge in [0.05, 0.1) is 6.61 Å². The number of hydrogen-bond donors (Lipinski definition) is 1. The van der Waals surface area contributed by atoms with E-state index in [0.717, 1.165) is 18.7 Å². The van der Waals surface area contributed by atoms with Gasteiger partial charge in [-0.1, -0.05) is 13.0 Å². The van der Waals surface area contributed by atoms with Crippen molar-refractivity contribution in [3.8, 4) is 17.4 Å². The number of hydrogen-bond acceptors (Lipinski definition) is 5. The third-order valence-corrected chi connectivity index (χ3v) is 2.50. The van der Waals surface area contributed by atoms with Crippen LogP contribution in [0.2, 0.25) is 0 Å². The van der Waals surface area contributed by atoms with Gasteiger partial charge in [0, 0.05) is 24.9 Å². The van der Waals surface area contributed by atoms with Crippen LogP contribution < -0.4 is 14.8 Å². The molecule has 0 aliphatic carbocycles. The highest BCUT2D eigenvalue weighted by molar-refractivity contribution is 5.36. The summed E-state index contributed by atoms with van der Waals surface area (Å²) in [5.41, 5.74) is 0. The molecule has 0 aliphatic rings. The molecule has 1 aromatic heterocycles. The fraction of sp³-hybridized carbons (Fsp3) is 0.333. The van der Waals surface area contributed by atoms with Gasteiger partial charge in [-0.3, -0.25) is 0 Å². The van der Waals surface area contributed by atoms with Crippen LogP contribution in [-0.4, -0.2) is 23.1 Å². The third-order valence-electron chi connectivity index (χ3n) is 2.50. The smallest absolute Gasteiger partial charge is 0.225 e. The minimum atomic E-state index is 0.507. The van der Waals surface area contributed by atoms with E-state index in [4.69, 9.17) is 9.47 Å². The predicted molar refractivity (Wildman–Crippen MR) is 78.5 cm³/mol. The van der Waals surface area contributed by atoms with E-state index in [-0.39, 0.29) is 0 Å². The molecule has 1 aromatic carbocycles. The number of nitrogens with one attached hydrogen (secondary N) is 1. The standard InChI is InChI=1S/C15H19N3O2/c1-3-9-16-15-17-10-8-14(18-15)20-13-7-5-6-12(11-13)19-4-2/h5-8,10-11H,3-4,9H2,1-2H3,(H,16,17,18). The van der Waals surface area contributed by atoms with Gasteiger partial charge in [-0.15, -0.1) is 0 Å². The Bertz CT molecular complexity index is 546. The second kappa shape index (κ2) is 7.33. The number of rotatable bonds is 7. The van der Waals surface area contributed by atoms with E-state index in [2.05, 4.69) is 22.2 Å². The fourth-order valence-corrected chi connectivity index (χ4v) is 1.64. The molecule has 0 spiro atoms. The Kier molecular flexibility index (Phi) is 5.17. The van der Waals surface area contributed by atoms with Crippen LogP contribution in [0.5, 0.6) is 17.4 Å². The average Bonchev–Trinajstić information content (AvgIpc) is 2.46. The van der Waals surface area contributed by atoms with Crippen LogP contribution >= 0.6 is 0 Å². The summed E-state index contributed by atoms with van der Waals surface area (Å²) in [6, 6.07) is 9.21. The van der Waals surface area contributed by atoms with Crippen molar-refractivity contribution in [1.82, 2.24) is 9.97 Å². The van der Waals surface area contributed by atoms with Crippen molar-refractivity contribution in [1.29, 1.82) is 0 Å². The zero-order valence-electron chi connectivity index (χ0n) is 11.8. The van der Waals surface area contributed by atoms with Crippen LogP contribution in [0.4, 0.5) is 5.95 Å². The van der Waals surface area contributed by atoms with Crippen LogP contribution in [0.25, 0.3) is 0 Å². The minimum absolute atomic E-state index is 0.507. The molecular weight excluding hydrogens is 254 g/mol. The first-order chi connectivity index (χ1) is 9.81. The van der Waals surface area contributed by atoms with Crippen molar-refractivity contribution in [3.05, 3.63) is 36.5 Å². The van der Waals surface area contributed by atoms with Gasteiger partial charge in [0.15, 0.2) is 0 Å². The van der Waals surface area contributed by atoms with E-state index in [9.17, 15) is 0 Å². The number of ether oxygens (including phenoxy) is 2. The molecule has 5 nitrogen and oxygen atoms in total. The summed E-state index contributed by atoms with van der Waals surface area (Å²) in [4.78, 5) is 8.43. The summed E-state index contributed by atoms with van der Waals surface area (Å²) >= 11 is 0. The molecule has 0 fully saturated rings. The van der Waals surface area contributed by atoms with Gasteiger partial charge >= 0.3 is 0 Å². The second-order valence-electron chi connectivity index (χ2n) is 4.16. The number of benzene rings is 1. The zero-order valence-corrected chi connectivity index (χ0v) is 11.8. The zero-order chi connectivity index (χ0) is 14.2. The molecule has 0 amide bonds. The molecule has 0 unspecified atom stereocenters. The minimum Gasteiger partial charge on any atom is -0.494 e. The SMILES string of the molecule is CCCNc1nccc(Oc2cccc(OCC)c2)n1. The number of anilines is 1. The lowest BCUT2D eigenvalue weighted by Gasteiger charge is -2.08. The molecule has 1 heterocycles. The van der Waals surface area contributed by atoms with E-state index in [1.54, 1.807) is 12.3 Å². The summed E-state index contributed by atoms with van der Waals surface area (Å²) in [7, 11) is 0. The van der Waals surface area contributed by atoms with E-state index in [1.165, 1.54) is 0 Å². The van der Waals surface area contributed by atoms with E-state index in [1.807, 2.05) is 31.2 Å². The van der Waals surface area contributed by atoms with Gasteiger partial charge < -0.3 is 14.8 Å². The maximum absolute atomic E-state index is 5.71. The van der Waals surface area contributed by atoms with Crippen LogP contribution in [0, 0.1) is 0 Å². The normalized spacial score (nSPS) is 10.1. The number of aromatic nitrogens is 2. The molecule has 20 heavy (non-hydrogen) atoms. The monoisotopic (exact) mass is 273 g/mol. The average molecular weight is 273 g/mol. The Morgan fingerprint density at radius 3 is 2.80 bits per heavy atom. The van der Waals surface area contributed by atoms with Crippen molar-refractivity contribution < 1.29 is 9.47 Å². The Balaban J connectivity index is 2.07. The van der Waals surface area contributed by atoms with Gasteiger partial charge in [-0.25, -0.2) is 4.98 Å². The summed E-state index contributed by atoms with van der Waals surface area (Å²) in [6.07, 6.45) is 2.69. The summed E-state index contributed by atoms with van der Waals surface area (Å²) in [5, 5.41) is 3.13. The maximum Gasteiger partial charge on any atom is 0.225 e.